The van der Waals surface area contributed by atoms with E-state index in [9.17, 15) is 4.79 Å². The molecule has 0 radical (unpaired) electrons. The quantitative estimate of drug-likeness (QED) is 0.669. The summed E-state index contributed by atoms with van der Waals surface area (Å²) in [6.45, 7) is 4.95. The maximum Gasteiger partial charge on any atom is 0.241 e. The Bertz CT molecular complexity index is 231. The highest BCUT2D eigenvalue weighted by Gasteiger charge is 2.36. The second kappa shape index (κ2) is 3.87. The van der Waals surface area contributed by atoms with Crippen molar-refractivity contribution in [1.29, 1.82) is 0 Å². The maximum atomic E-state index is 11.9. The molecule has 0 aromatic rings. The van der Waals surface area contributed by atoms with Gasteiger partial charge in [0.15, 0.2) is 0 Å². The third-order valence-corrected chi connectivity index (χ3v) is 3.30. The van der Waals surface area contributed by atoms with Gasteiger partial charge < -0.3 is 9.80 Å². The topological polar surface area (TPSA) is 35.6 Å². The van der Waals surface area contributed by atoms with Gasteiger partial charge in [0.2, 0.25) is 5.91 Å². The molecule has 2 saturated heterocycles. The summed E-state index contributed by atoms with van der Waals surface area (Å²) in [5, 5.41) is 3.26. The fourth-order valence-corrected chi connectivity index (χ4v) is 2.37. The minimum absolute atomic E-state index is 0.0703. The molecule has 80 valence electrons. The van der Waals surface area contributed by atoms with Crippen LogP contribution in [0.1, 0.15) is 19.8 Å². The lowest BCUT2D eigenvalue weighted by molar-refractivity contribution is -0.130. The van der Waals surface area contributed by atoms with Crippen LogP contribution in [0.5, 0.6) is 0 Å². The van der Waals surface area contributed by atoms with Crippen molar-refractivity contribution in [2.24, 2.45) is 0 Å². The van der Waals surface area contributed by atoms with E-state index in [1.54, 1.807) is 0 Å². The van der Waals surface area contributed by atoms with Crippen LogP contribution in [0.25, 0.3) is 0 Å². The average molecular weight is 197 g/mol. The molecule has 0 spiro atoms. The number of rotatable bonds is 2. The van der Waals surface area contributed by atoms with Gasteiger partial charge in [-0.15, -0.1) is 0 Å². The molecule has 2 unspecified atom stereocenters. The van der Waals surface area contributed by atoms with Gasteiger partial charge in [0.1, 0.15) is 0 Å². The van der Waals surface area contributed by atoms with Gasteiger partial charge in [0, 0.05) is 12.6 Å². The highest BCUT2D eigenvalue weighted by molar-refractivity contribution is 5.84. The number of likely N-dealkylation sites (N-methyl/N-ethyl adjacent to an activating group) is 1. The van der Waals surface area contributed by atoms with Crippen LogP contribution < -0.4 is 5.32 Å². The van der Waals surface area contributed by atoms with Crippen LogP contribution in [0.2, 0.25) is 0 Å². The van der Waals surface area contributed by atoms with Crippen molar-refractivity contribution in [2.75, 3.05) is 26.8 Å². The molecule has 4 heteroatoms. The summed E-state index contributed by atoms with van der Waals surface area (Å²) in [5.41, 5.74) is 0. The van der Waals surface area contributed by atoms with Crippen molar-refractivity contribution in [3.8, 4) is 0 Å². The van der Waals surface area contributed by atoms with Gasteiger partial charge in [-0.05, 0) is 26.4 Å². The van der Waals surface area contributed by atoms with Gasteiger partial charge >= 0.3 is 0 Å². The van der Waals surface area contributed by atoms with Gasteiger partial charge in [0.25, 0.3) is 0 Å². The van der Waals surface area contributed by atoms with E-state index in [0.717, 1.165) is 32.6 Å². The van der Waals surface area contributed by atoms with E-state index in [2.05, 4.69) is 24.2 Å². The molecule has 2 aliphatic heterocycles. The second-order valence-electron chi connectivity index (χ2n) is 4.34. The fraction of sp³-hybridized carbons (Fsp3) is 0.900. The Kier molecular flexibility index (Phi) is 2.74. The van der Waals surface area contributed by atoms with E-state index in [0.29, 0.717) is 11.9 Å². The molecule has 2 atom stereocenters. The molecule has 0 aromatic carbocycles. The zero-order valence-electron chi connectivity index (χ0n) is 8.99. The number of hydrogen-bond donors (Lipinski definition) is 1. The number of likely N-dealkylation sites (tertiary alicyclic amines) is 1. The van der Waals surface area contributed by atoms with Crippen molar-refractivity contribution in [3.05, 3.63) is 0 Å². The normalized spacial score (nSPS) is 34.4. The number of hydrogen-bond acceptors (Lipinski definition) is 3. The van der Waals surface area contributed by atoms with E-state index in [1.165, 1.54) is 0 Å². The largest absolute Gasteiger partial charge is 0.324 e. The Morgan fingerprint density at radius 3 is 2.86 bits per heavy atom. The van der Waals surface area contributed by atoms with E-state index in [4.69, 9.17) is 0 Å². The summed E-state index contributed by atoms with van der Waals surface area (Å²) in [4.78, 5) is 16.2. The van der Waals surface area contributed by atoms with Crippen LogP contribution in [0.3, 0.4) is 0 Å². The number of amides is 1. The van der Waals surface area contributed by atoms with Crippen LogP contribution in [-0.4, -0.2) is 54.6 Å². The third-order valence-electron chi connectivity index (χ3n) is 3.30. The Morgan fingerprint density at radius 1 is 1.57 bits per heavy atom. The van der Waals surface area contributed by atoms with E-state index in [-0.39, 0.29) is 6.04 Å². The Morgan fingerprint density at radius 2 is 2.36 bits per heavy atom. The first-order valence-corrected chi connectivity index (χ1v) is 5.44. The smallest absolute Gasteiger partial charge is 0.241 e. The van der Waals surface area contributed by atoms with Crippen LogP contribution in [0.15, 0.2) is 0 Å². The molecule has 1 N–H and O–H groups in total. The Hall–Kier alpha value is -0.610. The third kappa shape index (κ3) is 1.64. The van der Waals surface area contributed by atoms with Crippen molar-refractivity contribution < 1.29 is 4.79 Å². The summed E-state index contributed by atoms with van der Waals surface area (Å²) in [7, 11) is 2.12. The lowest BCUT2D eigenvalue weighted by Gasteiger charge is -2.23. The minimum Gasteiger partial charge on any atom is -0.324 e. The summed E-state index contributed by atoms with van der Waals surface area (Å²) in [5.74, 6) is 0.299. The molecule has 0 aromatic heterocycles. The Balaban J connectivity index is 1.96. The van der Waals surface area contributed by atoms with Crippen LogP contribution in [0.4, 0.5) is 0 Å². The van der Waals surface area contributed by atoms with Gasteiger partial charge in [-0.25, -0.2) is 0 Å². The highest BCUT2D eigenvalue weighted by Crippen LogP contribution is 2.18. The van der Waals surface area contributed by atoms with Crippen molar-refractivity contribution in [3.63, 3.8) is 0 Å². The number of nitrogens with zero attached hydrogens (tertiary/aromatic N) is 2. The standard InChI is InChI=1S/C10H19N3O/c1-3-9-10(14)13(7-11-9)8-4-5-12(2)6-8/h8-9,11H,3-7H2,1-2H3. The fourth-order valence-electron chi connectivity index (χ4n) is 2.37. The molecule has 14 heavy (non-hydrogen) atoms. The predicted molar refractivity (Wildman–Crippen MR) is 54.8 cm³/mol. The SMILES string of the molecule is CCC1NCN(C2CCN(C)C2)C1=O. The number of nitrogens with one attached hydrogen (secondary N) is 1. The van der Waals surface area contributed by atoms with Crippen LogP contribution >= 0.6 is 0 Å². The molecule has 1 amide bonds. The lowest BCUT2D eigenvalue weighted by atomic mass is 10.2. The van der Waals surface area contributed by atoms with Gasteiger partial charge in [-0.3, -0.25) is 10.1 Å². The van der Waals surface area contributed by atoms with E-state index >= 15 is 0 Å². The molecule has 2 rings (SSSR count). The lowest BCUT2D eigenvalue weighted by Crippen LogP contribution is -2.39. The van der Waals surface area contributed by atoms with Crippen molar-refractivity contribution in [2.45, 2.75) is 31.8 Å². The van der Waals surface area contributed by atoms with E-state index < -0.39 is 0 Å². The molecule has 4 nitrogen and oxygen atoms in total. The maximum absolute atomic E-state index is 11.9. The predicted octanol–water partition coefficient (Wildman–Crippen LogP) is -0.142. The van der Waals surface area contributed by atoms with E-state index in [1.807, 2.05) is 4.90 Å². The molecule has 0 saturated carbocycles. The second-order valence-corrected chi connectivity index (χ2v) is 4.34. The zero-order valence-corrected chi connectivity index (χ0v) is 8.99. The zero-order chi connectivity index (χ0) is 10.1. The first kappa shape index (κ1) is 9.93. The van der Waals surface area contributed by atoms with Crippen molar-refractivity contribution >= 4 is 5.91 Å². The van der Waals surface area contributed by atoms with Gasteiger partial charge in [0.05, 0.1) is 12.7 Å². The van der Waals surface area contributed by atoms with Crippen LogP contribution in [-0.2, 0) is 4.79 Å². The van der Waals surface area contributed by atoms with Gasteiger partial charge in [-0.1, -0.05) is 6.92 Å². The Labute approximate surface area is 85.2 Å². The molecule has 2 fully saturated rings. The molecule has 2 aliphatic rings. The molecule has 0 aliphatic carbocycles. The molecule has 2 heterocycles. The first-order chi connectivity index (χ1) is 6.72. The highest BCUT2D eigenvalue weighted by atomic mass is 16.2. The molecular weight excluding hydrogens is 178 g/mol. The van der Waals surface area contributed by atoms with Crippen molar-refractivity contribution in [1.82, 2.24) is 15.1 Å². The monoisotopic (exact) mass is 197 g/mol. The summed E-state index contributed by atoms with van der Waals surface area (Å²) in [6.07, 6.45) is 2.03. The minimum atomic E-state index is 0.0703. The van der Waals surface area contributed by atoms with Gasteiger partial charge in [-0.2, -0.15) is 0 Å². The number of carbonyl (C=O) groups is 1. The molecular formula is C10H19N3O. The first-order valence-electron chi connectivity index (χ1n) is 5.44. The van der Waals surface area contributed by atoms with Crippen LogP contribution in [0, 0.1) is 0 Å². The summed E-state index contributed by atoms with van der Waals surface area (Å²) in [6, 6.07) is 0.512. The summed E-state index contributed by atoms with van der Waals surface area (Å²) >= 11 is 0. The molecule has 0 bridgehead atoms. The average Bonchev–Trinajstić information content (AvgIpc) is 2.72. The summed E-state index contributed by atoms with van der Waals surface area (Å²) < 4.78 is 0. The number of carbonyl (C=O) groups excluding carboxylic acids is 1.